The quantitative estimate of drug-likeness (QED) is 0.770. The predicted octanol–water partition coefficient (Wildman–Crippen LogP) is 3.09. The number of amides is 1. The molecule has 6 nitrogen and oxygen atoms in total. The summed E-state index contributed by atoms with van der Waals surface area (Å²) in [6, 6.07) is 0.128. The van der Waals surface area contributed by atoms with E-state index in [-0.39, 0.29) is 11.9 Å². The molecular weight excluding hydrogens is 316 g/mol. The Morgan fingerprint density at radius 1 is 1.28 bits per heavy atom. The smallest absolute Gasteiger partial charge is 0.234 e. The Balaban J connectivity index is 1.25. The molecule has 0 aromatic carbocycles. The van der Waals surface area contributed by atoms with Gasteiger partial charge in [-0.2, -0.15) is 4.98 Å². The van der Waals surface area contributed by atoms with Crippen LogP contribution in [-0.4, -0.2) is 40.6 Å². The van der Waals surface area contributed by atoms with Gasteiger partial charge in [0.2, 0.25) is 11.8 Å². The van der Waals surface area contributed by atoms with Crippen LogP contribution >= 0.6 is 0 Å². The van der Waals surface area contributed by atoms with Crippen molar-refractivity contribution in [2.45, 2.75) is 69.7 Å². The van der Waals surface area contributed by atoms with Crippen LogP contribution in [0.5, 0.6) is 0 Å². The van der Waals surface area contributed by atoms with Crippen molar-refractivity contribution in [2.24, 2.45) is 0 Å². The van der Waals surface area contributed by atoms with Gasteiger partial charge in [0.1, 0.15) is 0 Å². The summed E-state index contributed by atoms with van der Waals surface area (Å²) in [5.41, 5.74) is 1.50. The van der Waals surface area contributed by atoms with E-state index in [9.17, 15) is 4.79 Å². The van der Waals surface area contributed by atoms with Crippen LogP contribution in [0.1, 0.15) is 81.5 Å². The lowest BCUT2D eigenvalue weighted by atomic mass is 9.97. The molecule has 2 heterocycles. The molecule has 0 radical (unpaired) electrons. The molecule has 136 valence electrons. The normalized spacial score (nSPS) is 24.3. The number of aromatic nitrogens is 2. The number of nitrogens with zero attached hydrogens (tertiary/aromatic N) is 3. The van der Waals surface area contributed by atoms with Crippen LogP contribution in [0.15, 0.2) is 16.2 Å². The molecule has 3 aliphatic rings. The summed E-state index contributed by atoms with van der Waals surface area (Å²) in [5.74, 6) is 2.13. The minimum Gasteiger partial charge on any atom is -0.355 e. The highest BCUT2D eigenvalue weighted by atomic mass is 16.5. The van der Waals surface area contributed by atoms with Gasteiger partial charge in [0.25, 0.3) is 0 Å². The van der Waals surface area contributed by atoms with E-state index < -0.39 is 0 Å². The van der Waals surface area contributed by atoms with E-state index in [1.165, 1.54) is 31.3 Å². The van der Waals surface area contributed by atoms with Crippen molar-refractivity contribution in [1.82, 2.24) is 20.4 Å². The first-order chi connectivity index (χ1) is 12.3. The minimum atomic E-state index is 0.106. The Hall–Kier alpha value is -1.69. The van der Waals surface area contributed by atoms with E-state index in [0.29, 0.717) is 12.5 Å². The predicted molar refractivity (Wildman–Crippen MR) is 94.0 cm³/mol. The summed E-state index contributed by atoms with van der Waals surface area (Å²) in [4.78, 5) is 19.1. The number of carbonyl (C=O) groups is 1. The van der Waals surface area contributed by atoms with Gasteiger partial charge in [0, 0.05) is 12.5 Å². The van der Waals surface area contributed by atoms with Crippen LogP contribution in [0, 0.1) is 0 Å². The number of likely N-dealkylation sites (tertiary alicyclic amines) is 1. The van der Waals surface area contributed by atoms with Crippen LogP contribution in [0.25, 0.3) is 0 Å². The van der Waals surface area contributed by atoms with Crippen LogP contribution < -0.4 is 5.32 Å². The molecule has 0 spiro atoms. The van der Waals surface area contributed by atoms with Gasteiger partial charge in [-0.05, 0) is 64.3 Å². The first-order valence-corrected chi connectivity index (χ1v) is 9.82. The number of rotatable bonds is 7. The molecule has 4 rings (SSSR count). The molecule has 2 aliphatic carbocycles. The van der Waals surface area contributed by atoms with Gasteiger partial charge in [-0.1, -0.05) is 16.8 Å². The first-order valence-electron chi connectivity index (χ1n) is 9.82. The Kier molecular flexibility index (Phi) is 5.15. The third-order valence-electron chi connectivity index (χ3n) is 5.55. The zero-order valence-corrected chi connectivity index (χ0v) is 14.9. The molecule has 1 atom stereocenters. The van der Waals surface area contributed by atoms with E-state index in [1.807, 2.05) is 0 Å². The molecule has 1 aromatic heterocycles. The molecule has 1 aliphatic heterocycles. The summed E-state index contributed by atoms with van der Waals surface area (Å²) >= 11 is 0. The molecular formula is C19H28N4O2. The summed E-state index contributed by atoms with van der Waals surface area (Å²) in [6.07, 6.45) is 12.8. The van der Waals surface area contributed by atoms with Gasteiger partial charge < -0.3 is 9.84 Å². The largest absolute Gasteiger partial charge is 0.355 e. The monoisotopic (exact) mass is 344 g/mol. The van der Waals surface area contributed by atoms with Gasteiger partial charge in [-0.15, -0.1) is 0 Å². The third-order valence-corrected chi connectivity index (χ3v) is 5.55. The van der Waals surface area contributed by atoms with Crippen LogP contribution in [0.3, 0.4) is 0 Å². The molecule has 2 fully saturated rings. The fraction of sp³-hybridized carbons (Fsp3) is 0.737. The van der Waals surface area contributed by atoms with Crippen LogP contribution in [-0.2, 0) is 4.79 Å². The fourth-order valence-corrected chi connectivity index (χ4v) is 3.92. The second-order valence-corrected chi connectivity index (χ2v) is 7.60. The van der Waals surface area contributed by atoms with Crippen molar-refractivity contribution in [3.05, 3.63) is 23.4 Å². The Morgan fingerprint density at radius 2 is 2.20 bits per heavy atom. The molecule has 1 amide bonds. The molecule has 1 N–H and O–H groups in total. The number of carbonyl (C=O) groups excluding carboxylic acids is 1. The Bertz CT molecular complexity index is 635. The van der Waals surface area contributed by atoms with Crippen molar-refractivity contribution in [3.63, 3.8) is 0 Å². The van der Waals surface area contributed by atoms with Crippen molar-refractivity contribution >= 4 is 5.91 Å². The topological polar surface area (TPSA) is 71.3 Å². The van der Waals surface area contributed by atoms with E-state index in [1.54, 1.807) is 0 Å². The number of hydrogen-bond acceptors (Lipinski definition) is 5. The van der Waals surface area contributed by atoms with Gasteiger partial charge in [-0.3, -0.25) is 9.69 Å². The summed E-state index contributed by atoms with van der Waals surface area (Å²) in [7, 11) is 0. The molecule has 1 saturated carbocycles. The highest BCUT2D eigenvalue weighted by Crippen LogP contribution is 2.40. The van der Waals surface area contributed by atoms with Crippen LogP contribution in [0.4, 0.5) is 0 Å². The maximum Gasteiger partial charge on any atom is 0.234 e. The summed E-state index contributed by atoms with van der Waals surface area (Å²) in [5, 5.41) is 7.25. The second kappa shape index (κ2) is 7.68. The van der Waals surface area contributed by atoms with E-state index in [2.05, 4.69) is 26.4 Å². The summed E-state index contributed by atoms with van der Waals surface area (Å²) < 4.78 is 5.39. The fourth-order valence-electron chi connectivity index (χ4n) is 3.92. The molecule has 1 aromatic rings. The lowest BCUT2D eigenvalue weighted by Crippen LogP contribution is -2.37. The molecule has 0 unspecified atom stereocenters. The van der Waals surface area contributed by atoms with Gasteiger partial charge >= 0.3 is 0 Å². The van der Waals surface area contributed by atoms with E-state index in [0.717, 1.165) is 56.9 Å². The Morgan fingerprint density at radius 3 is 3.00 bits per heavy atom. The average Bonchev–Trinajstić information content (AvgIpc) is 3.18. The molecule has 0 bridgehead atoms. The third kappa shape index (κ3) is 4.29. The highest BCUT2D eigenvalue weighted by Gasteiger charge is 2.34. The molecule has 6 heteroatoms. The second-order valence-electron chi connectivity index (χ2n) is 7.60. The number of nitrogens with one attached hydrogen (secondary N) is 1. The highest BCUT2D eigenvalue weighted by molar-refractivity contribution is 5.78. The zero-order valence-electron chi connectivity index (χ0n) is 14.9. The Labute approximate surface area is 149 Å². The van der Waals surface area contributed by atoms with Crippen molar-refractivity contribution in [2.75, 3.05) is 19.6 Å². The maximum absolute atomic E-state index is 12.3. The zero-order chi connectivity index (χ0) is 17.1. The SMILES string of the molecule is O=C(CN1CCC[C@@H]1c1noc(C2CC2)n1)NCCC1=CCCCC1. The van der Waals surface area contributed by atoms with Gasteiger partial charge in [0.15, 0.2) is 5.82 Å². The number of hydrogen-bond donors (Lipinski definition) is 1. The maximum atomic E-state index is 12.3. The summed E-state index contributed by atoms with van der Waals surface area (Å²) in [6.45, 7) is 2.10. The van der Waals surface area contributed by atoms with Crippen molar-refractivity contribution in [1.29, 1.82) is 0 Å². The van der Waals surface area contributed by atoms with Crippen molar-refractivity contribution in [3.8, 4) is 0 Å². The lowest BCUT2D eigenvalue weighted by molar-refractivity contribution is -0.122. The first kappa shape index (κ1) is 16.8. The van der Waals surface area contributed by atoms with Crippen molar-refractivity contribution < 1.29 is 9.32 Å². The van der Waals surface area contributed by atoms with E-state index >= 15 is 0 Å². The molecule has 1 saturated heterocycles. The van der Waals surface area contributed by atoms with Gasteiger partial charge in [0.05, 0.1) is 12.6 Å². The molecule has 25 heavy (non-hydrogen) atoms. The van der Waals surface area contributed by atoms with E-state index in [4.69, 9.17) is 4.52 Å². The standard InChI is InChI=1S/C19H28N4O2/c24-17(20-11-10-14-5-2-1-3-6-14)13-23-12-4-7-16(23)18-21-19(25-22-18)15-8-9-15/h5,15-16H,1-4,6-13H2,(H,20,24)/t16-/m1/s1. The lowest BCUT2D eigenvalue weighted by Gasteiger charge is -2.21. The number of allylic oxidation sites excluding steroid dienone is 1. The average molecular weight is 344 g/mol. The van der Waals surface area contributed by atoms with Gasteiger partial charge in [-0.25, -0.2) is 0 Å². The van der Waals surface area contributed by atoms with Crippen LogP contribution in [0.2, 0.25) is 0 Å². The minimum absolute atomic E-state index is 0.106.